The van der Waals surface area contributed by atoms with Crippen molar-refractivity contribution in [3.05, 3.63) is 23.5 Å². The second-order valence-electron chi connectivity index (χ2n) is 11.3. The lowest BCUT2D eigenvalue weighted by molar-refractivity contribution is 0.191. The Bertz CT molecular complexity index is 749. The molecule has 0 unspecified atom stereocenters. The first-order valence-corrected chi connectivity index (χ1v) is 18.6. The molecule has 6 nitrogen and oxygen atoms in total. The minimum Gasteiger partial charge on any atom is -0.396 e. The highest BCUT2D eigenvalue weighted by Gasteiger charge is 2.19. The lowest BCUT2D eigenvalue weighted by Gasteiger charge is -2.29. The molecular weight excluding hydrogens is 587 g/mol. The Morgan fingerprint density at radius 1 is 0.775 bits per heavy atom. The van der Waals surface area contributed by atoms with Crippen molar-refractivity contribution in [2.24, 2.45) is 21.8 Å². The van der Waals surface area contributed by atoms with Crippen LogP contribution < -0.4 is 0 Å². The first kappa shape index (κ1) is 35.9. The van der Waals surface area contributed by atoms with Gasteiger partial charge in [0.2, 0.25) is 9.23 Å². The van der Waals surface area contributed by atoms with Crippen LogP contribution in [-0.4, -0.2) is 83.3 Å². The third-order valence-corrected chi connectivity index (χ3v) is 8.19. The van der Waals surface area contributed by atoms with Crippen molar-refractivity contribution >= 4 is 54.6 Å². The van der Waals surface area contributed by atoms with Crippen LogP contribution in [0.15, 0.2) is 33.5 Å². The summed E-state index contributed by atoms with van der Waals surface area (Å²) in [5, 5.41) is 9.01. The molecule has 0 amide bonds. The van der Waals surface area contributed by atoms with Gasteiger partial charge in [-0.05, 0) is 56.9 Å². The molecule has 0 aromatic carbocycles. The zero-order chi connectivity index (χ0) is 28.8. The van der Waals surface area contributed by atoms with E-state index < -0.39 is 9.23 Å². The van der Waals surface area contributed by atoms with E-state index in [4.69, 9.17) is 20.9 Å². The number of rotatable bonds is 14. The van der Waals surface area contributed by atoms with Crippen LogP contribution in [0.4, 0.5) is 0 Å². The fourth-order valence-corrected chi connectivity index (χ4v) is 6.13. The maximum absolute atomic E-state index is 9.09. The first-order chi connectivity index (χ1) is 19.5. The van der Waals surface area contributed by atoms with E-state index in [9.17, 15) is 0 Å². The van der Waals surface area contributed by atoms with E-state index in [0.717, 1.165) is 69.6 Å². The van der Waals surface area contributed by atoms with E-state index in [2.05, 4.69) is 53.3 Å². The van der Waals surface area contributed by atoms with Crippen LogP contribution in [0.2, 0.25) is 0 Å². The first-order valence-electron chi connectivity index (χ1n) is 15.3. The molecule has 4 rings (SSSR count). The molecule has 4 aliphatic rings. The van der Waals surface area contributed by atoms with Crippen LogP contribution in [0.3, 0.4) is 0 Å². The summed E-state index contributed by atoms with van der Waals surface area (Å²) in [7, 11) is 7.36. The predicted molar refractivity (Wildman–Crippen MR) is 175 cm³/mol. The number of aliphatic imine (C=N–C) groups is 2. The summed E-state index contributed by atoms with van der Waals surface area (Å²) < 4.78 is 9.09. The summed E-state index contributed by atoms with van der Waals surface area (Å²) in [6.07, 6.45) is 26.6. The number of aliphatic hydroxyl groups excluding tert-OH is 1. The van der Waals surface area contributed by atoms with Gasteiger partial charge in [-0.25, -0.2) is 4.21 Å². The Balaban J connectivity index is 0.000000247. The largest absolute Gasteiger partial charge is 0.396 e. The normalized spacial score (nSPS) is 19.5. The highest BCUT2D eigenvalue weighted by Crippen LogP contribution is 2.26. The molecule has 0 radical (unpaired) electrons. The monoisotopic (exact) mass is 636 g/mol. The summed E-state index contributed by atoms with van der Waals surface area (Å²) in [4.78, 5) is 13.9. The van der Waals surface area contributed by atoms with Gasteiger partial charge in [-0.2, -0.15) is 0 Å². The molecule has 0 bridgehead atoms. The van der Waals surface area contributed by atoms with Crippen molar-refractivity contribution in [2.45, 2.75) is 89.9 Å². The van der Waals surface area contributed by atoms with Gasteiger partial charge in [0, 0.05) is 91.8 Å². The van der Waals surface area contributed by atoms with Crippen LogP contribution in [0.5, 0.6) is 0 Å². The van der Waals surface area contributed by atoms with Crippen molar-refractivity contribution in [3.8, 4) is 0 Å². The Hall–Kier alpha value is -0.280. The zero-order valence-electron chi connectivity index (χ0n) is 24.2. The average molecular weight is 638 g/mol. The summed E-state index contributed by atoms with van der Waals surface area (Å²) in [6.45, 7) is 6.82. The molecule has 0 aromatic heterocycles. The van der Waals surface area contributed by atoms with Gasteiger partial charge in [-0.3, -0.25) is 19.8 Å². The van der Waals surface area contributed by atoms with Gasteiger partial charge in [0.25, 0.3) is 0 Å². The van der Waals surface area contributed by atoms with Crippen molar-refractivity contribution in [3.63, 3.8) is 0 Å². The number of halogens is 3. The highest BCUT2D eigenvalue weighted by molar-refractivity contribution is 8.26. The van der Waals surface area contributed by atoms with E-state index >= 15 is 0 Å². The molecule has 2 saturated carbocycles. The molecule has 230 valence electrons. The fraction of sp³-hybridized carbons (Fsp3) is 0.800. The molecule has 2 heterocycles. The van der Waals surface area contributed by atoms with Gasteiger partial charge in [0.15, 0.2) is 0 Å². The third kappa shape index (κ3) is 17.6. The molecule has 2 fully saturated rings. The minimum atomic E-state index is -1.67. The van der Waals surface area contributed by atoms with Crippen LogP contribution in [0, 0.1) is 11.8 Å². The van der Waals surface area contributed by atoms with Crippen molar-refractivity contribution in [1.29, 1.82) is 0 Å². The summed E-state index contributed by atoms with van der Waals surface area (Å²) >= 11 is 5.83. The standard InChI is InChI=1S/C15H25ClN2.C15H26N2O.Cl2OS/c16-9-5-11-18(13-15-8-4-10-17-15)12-14-6-2-1-3-7-14;18-11-5-10-17(13-15-8-4-9-16-15)12-14-6-2-1-3-7-14;1-4(2)3/h8,10,14H,1-7,9,11-13H2;8-9,14,18H,1-7,10-13H2;. The van der Waals surface area contributed by atoms with Gasteiger partial charge in [0.05, 0.1) is 11.4 Å². The van der Waals surface area contributed by atoms with E-state index in [-0.39, 0.29) is 0 Å². The fourth-order valence-electron chi connectivity index (χ4n) is 6.01. The topological polar surface area (TPSA) is 68.5 Å². The number of hydrogen-bond acceptors (Lipinski definition) is 6. The number of aliphatic hydroxyl groups is 1. The van der Waals surface area contributed by atoms with Crippen LogP contribution >= 0.6 is 33.0 Å². The molecule has 0 spiro atoms. The van der Waals surface area contributed by atoms with E-state index in [1.807, 2.05) is 12.4 Å². The van der Waals surface area contributed by atoms with Crippen molar-refractivity contribution in [2.75, 3.05) is 51.8 Å². The van der Waals surface area contributed by atoms with E-state index in [1.54, 1.807) is 0 Å². The van der Waals surface area contributed by atoms with Crippen molar-refractivity contribution < 1.29 is 9.32 Å². The maximum Gasteiger partial charge on any atom is 0.211 e. The van der Waals surface area contributed by atoms with E-state index in [0.29, 0.717) is 6.61 Å². The lowest BCUT2D eigenvalue weighted by Crippen LogP contribution is -2.33. The van der Waals surface area contributed by atoms with E-state index in [1.165, 1.54) is 88.7 Å². The summed E-state index contributed by atoms with van der Waals surface area (Å²) in [6, 6.07) is 0. The minimum absolute atomic E-state index is 0.295. The Morgan fingerprint density at radius 3 is 1.55 bits per heavy atom. The Kier molecular flexibility index (Phi) is 20.8. The zero-order valence-corrected chi connectivity index (χ0v) is 27.3. The van der Waals surface area contributed by atoms with Gasteiger partial charge >= 0.3 is 0 Å². The second kappa shape index (κ2) is 23.2. The van der Waals surface area contributed by atoms with Crippen LogP contribution in [-0.2, 0) is 9.23 Å². The lowest BCUT2D eigenvalue weighted by atomic mass is 9.89. The third-order valence-electron chi connectivity index (χ3n) is 7.93. The predicted octanol–water partition coefficient (Wildman–Crippen LogP) is 7.51. The molecule has 0 aromatic rings. The number of hydrogen-bond donors (Lipinski definition) is 1. The average Bonchev–Trinajstić information content (AvgIpc) is 3.66. The molecule has 2 aliphatic carbocycles. The Labute approximate surface area is 259 Å². The SMILES string of the molecule is ClCCCN(CC1=CCC=N1)CC1CCCCC1.O=S(Cl)Cl.OCCCN(CC1=CCC=N1)CC1CCCCC1. The van der Waals surface area contributed by atoms with Gasteiger partial charge in [-0.1, -0.05) is 50.7 Å². The highest BCUT2D eigenvalue weighted by atomic mass is 36.0. The summed E-state index contributed by atoms with van der Waals surface area (Å²) in [5.74, 6) is 2.53. The smallest absolute Gasteiger partial charge is 0.211 e. The maximum atomic E-state index is 9.09. The molecule has 0 atom stereocenters. The van der Waals surface area contributed by atoms with Crippen LogP contribution in [0.1, 0.15) is 89.9 Å². The number of alkyl halides is 1. The molecule has 40 heavy (non-hydrogen) atoms. The summed E-state index contributed by atoms with van der Waals surface area (Å²) in [5.41, 5.74) is 2.46. The number of nitrogens with zero attached hydrogens (tertiary/aromatic N) is 4. The molecular formula is C30H51Cl3N4O2S. The molecule has 1 N–H and O–H groups in total. The molecule has 10 heteroatoms. The van der Waals surface area contributed by atoms with Gasteiger partial charge in [-0.15, -0.1) is 11.6 Å². The molecule has 0 saturated heterocycles. The second-order valence-corrected chi connectivity index (χ2v) is 14.2. The quantitative estimate of drug-likeness (QED) is 0.158. The van der Waals surface area contributed by atoms with Crippen LogP contribution in [0.25, 0.3) is 0 Å². The molecule has 2 aliphatic heterocycles. The Morgan fingerprint density at radius 2 is 1.20 bits per heavy atom. The van der Waals surface area contributed by atoms with Crippen molar-refractivity contribution in [1.82, 2.24) is 9.80 Å². The van der Waals surface area contributed by atoms with Gasteiger partial charge in [0.1, 0.15) is 0 Å². The number of allylic oxidation sites excluding steroid dienone is 2. The van der Waals surface area contributed by atoms with Gasteiger partial charge < -0.3 is 5.11 Å².